The van der Waals surface area contributed by atoms with Gasteiger partial charge in [0.15, 0.2) is 0 Å². The lowest BCUT2D eigenvalue weighted by molar-refractivity contribution is -0.123. The third kappa shape index (κ3) is 5.18. The molecule has 2 aromatic carbocycles. The second kappa shape index (κ2) is 8.47. The van der Waals surface area contributed by atoms with Gasteiger partial charge in [-0.3, -0.25) is 9.59 Å². The predicted molar refractivity (Wildman–Crippen MR) is 102 cm³/mol. The summed E-state index contributed by atoms with van der Waals surface area (Å²) in [6, 6.07) is 15.7. The maximum absolute atomic E-state index is 12.4. The summed E-state index contributed by atoms with van der Waals surface area (Å²) in [5.74, 6) is -0.0394. The summed E-state index contributed by atoms with van der Waals surface area (Å²) in [5, 5.41) is 2.90. The lowest BCUT2D eigenvalue weighted by atomic mass is 10.0. The van der Waals surface area contributed by atoms with Gasteiger partial charge in [0, 0.05) is 19.2 Å². The molecule has 0 unspecified atom stereocenters. The molecule has 0 heterocycles. The molecule has 2 aromatic rings. The van der Waals surface area contributed by atoms with E-state index in [9.17, 15) is 9.59 Å². The number of para-hydroxylation sites is 1. The van der Waals surface area contributed by atoms with E-state index in [1.54, 1.807) is 4.90 Å². The summed E-state index contributed by atoms with van der Waals surface area (Å²) < 4.78 is 0. The minimum Gasteiger partial charge on any atom is -0.350 e. The van der Waals surface area contributed by atoms with E-state index >= 15 is 0 Å². The predicted octanol–water partition coefficient (Wildman–Crippen LogP) is 3.79. The number of nitrogens with zero attached hydrogens (tertiary/aromatic N) is 1. The van der Waals surface area contributed by atoms with E-state index in [4.69, 9.17) is 0 Å². The minimum absolute atomic E-state index is 0.0187. The van der Waals surface area contributed by atoms with E-state index in [2.05, 4.69) is 19.2 Å². The number of nitrogens with one attached hydrogen (secondary N) is 1. The Morgan fingerprint density at radius 1 is 1.08 bits per heavy atom. The van der Waals surface area contributed by atoms with Crippen LogP contribution in [-0.4, -0.2) is 18.4 Å². The fourth-order valence-electron chi connectivity index (χ4n) is 2.81. The second-order valence-electron chi connectivity index (χ2n) is 6.58. The molecule has 0 aliphatic carbocycles. The fraction of sp³-hybridized carbons (Fsp3) is 0.333. The Hall–Kier alpha value is -2.62. The van der Waals surface area contributed by atoms with Gasteiger partial charge < -0.3 is 10.2 Å². The highest BCUT2D eigenvalue weighted by atomic mass is 16.2. The number of anilines is 1. The van der Waals surface area contributed by atoms with Crippen LogP contribution in [0.5, 0.6) is 0 Å². The van der Waals surface area contributed by atoms with Gasteiger partial charge in [0.1, 0.15) is 6.54 Å². The Labute approximate surface area is 149 Å². The third-order valence-electron chi connectivity index (χ3n) is 4.10. The number of hydrogen-bond acceptors (Lipinski definition) is 2. The van der Waals surface area contributed by atoms with Gasteiger partial charge in [-0.25, -0.2) is 0 Å². The number of carbonyl (C=O) groups excluding carboxylic acids is 2. The summed E-state index contributed by atoms with van der Waals surface area (Å²) in [6.07, 6.45) is 0. The van der Waals surface area contributed by atoms with Crippen molar-refractivity contribution in [3.8, 4) is 0 Å². The molecule has 0 spiro atoms. The van der Waals surface area contributed by atoms with Gasteiger partial charge in [-0.2, -0.15) is 0 Å². The van der Waals surface area contributed by atoms with Crippen LogP contribution in [0.4, 0.5) is 5.69 Å². The first kappa shape index (κ1) is 18.7. The van der Waals surface area contributed by atoms with Crippen LogP contribution >= 0.6 is 0 Å². The molecular formula is C21H26N2O2. The van der Waals surface area contributed by atoms with Gasteiger partial charge in [0.2, 0.25) is 11.8 Å². The zero-order valence-electron chi connectivity index (χ0n) is 15.4. The summed E-state index contributed by atoms with van der Waals surface area (Å²) in [6.45, 7) is 8.14. The Morgan fingerprint density at radius 3 is 2.44 bits per heavy atom. The van der Waals surface area contributed by atoms with Crippen LogP contribution in [0.25, 0.3) is 0 Å². The van der Waals surface area contributed by atoms with Crippen molar-refractivity contribution in [2.75, 3.05) is 11.4 Å². The molecule has 0 radical (unpaired) electrons. The molecule has 25 heavy (non-hydrogen) atoms. The van der Waals surface area contributed by atoms with Crippen LogP contribution in [0.1, 0.15) is 43.4 Å². The monoisotopic (exact) mass is 338 g/mol. The Morgan fingerprint density at radius 2 is 1.80 bits per heavy atom. The molecule has 0 aliphatic rings. The molecule has 4 heteroatoms. The number of aryl methyl sites for hydroxylation is 1. The van der Waals surface area contributed by atoms with Crippen LogP contribution in [-0.2, 0) is 16.1 Å². The van der Waals surface area contributed by atoms with E-state index in [0.717, 1.165) is 22.4 Å². The van der Waals surface area contributed by atoms with Crippen molar-refractivity contribution < 1.29 is 9.59 Å². The molecular weight excluding hydrogens is 312 g/mol. The Bertz CT molecular complexity index is 753. The minimum atomic E-state index is -0.171. The molecule has 0 aromatic heterocycles. The topological polar surface area (TPSA) is 49.4 Å². The van der Waals surface area contributed by atoms with E-state index in [1.807, 2.05) is 55.5 Å². The van der Waals surface area contributed by atoms with E-state index < -0.39 is 0 Å². The highest BCUT2D eigenvalue weighted by Crippen LogP contribution is 2.27. The summed E-state index contributed by atoms with van der Waals surface area (Å²) >= 11 is 0. The molecule has 132 valence electrons. The van der Waals surface area contributed by atoms with Crippen LogP contribution in [0, 0.1) is 6.92 Å². The molecule has 0 bridgehead atoms. The van der Waals surface area contributed by atoms with Crippen LogP contribution in [0.2, 0.25) is 0 Å². The van der Waals surface area contributed by atoms with Crippen LogP contribution in [0.15, 0.2) is 48.5 Å². The van der Waals surface area contributed by atoms with Crippen molar-refractivity contribution in [2.24, 2.45) is 0 Å². The first-order valence-electron chi connectivity index (χ1n) is 8.57. The van der Waals surface area contributed by atoms with Gasteiger partial charge in [0.25, 0.3) is 0 Å². The third-order valence-corrected chi connectivity index (χ3v) is 4.10. The van der Waals surface area contributed by atoms with E-state index in [1.165, 1.54) is 6.92 Å². The molecule has 2 amide bonds. The molecule has 2 rings (SSSR count). The fourth-order valence-corrected chi connectivity index (χ4v) is 2.81. The van der Waals surface area contributed by atoms with Gasteiger partial charge >= 0.3 is 0 Å². The first-order valence-corrected chi connectivity index (χ1v) is 8.57. The van der Waals surface area contributed by atoms with Crippen molar-refractivity contribution in [1.82, 2.24) is 5.32 Å². The summed E-state index contributed by atoms with van der Waals surface area (Å²) in [7, 11) is 0. The van der Waals surface area contributed by atoms with Gasteiger partial charge in [-0.05, 0) is 30.0 Å². The number of hydrogen-bond donors (Lipinski definition) is 1. The quantitative estimate of drug-likeness (QED) is 0.871. The highest BCUT2D eigenvalue weighted by molar-refractivity contribution is 5.98. The Balaban J connectivity index is 2.09. The van der Waals surface area contributed by atoms with Crippen LogP contribution < -0.4 is 10.2 Å². The average Bonchev–Trinajstić information content (AvgIpc) is 2.57. The molecule has 0 fully saturated rings. The Kier molecular flexibility index (Phi) is 6.34. The molecule has 0 saturated heterocycles. The normalized spacial score (nSPS) is 10.6. The zero-order chi connectivity index (χ0) is 18.4. The maximum atomic E-state index is 12.4. The second-order valence-corrected chi connectivity index (χ2v) is 6.58. The number of amides is 2. The lowest BCUT2D eigenvalue weighted by Crippen LogP contribution is -2.40. The van der Waals surface area contributed by atoms with Gasteiger partial charge in [-0.15, -0.1) is 0 Å². The number of benzene rings is 2. The van der Waals surface area contributed by atoms with E-state index in [-0.39, 0.29) is 24.3 Å². The lowest BCUT2D eigenvalue weighted by Gasteiger charge is -2.25. The summed E-state index contributed by atoms with van der Waals surface area (Å²) in [4.78, 5) is 26.0. The molecule has 4 nitrogen and oxygen atoms in total. The van der Waals surface area contributed by atoms with E-state index in [0.29, 0.717) is 6.54 Å². The number of carbonyl (C=O) groups is 2. The largest absolute Gasteiger partial charge is 0.350 e. The molecule has 0 saturated carbocycles. The van der Waals surface area contributed by atoms with Crippen LogP contribution in [0.3, 0.4) is 0 Å². The van der Waals surface area contributed by atoms with Crippen molar-refractivity contribution >= 4 is 17.5 Å². The first-order chi connectivity index (χ1) is 11.9. The molecule has 0 atom stereocenters. The van der Waals surface area contributed by atoms with Crippen molar-refractivity contribution in [1.29, 1.82) is 0 Å². The molecule has 0 aliphatic heterocycles. The van der Waals surface area contributed by atoms with Crippen molar-refractivity contribution in [3.63, 3.8) is 0 Å². The smallest absolute Gasteiger partial charge is 0.240 e. The number of rotatable bonds is 6. The zero-order valence-corrected chi connectivity index (χ0v) is 15.4. The highest BCUT2D eigenvalue weighted by Gasteiger charge is 2.19. The molecule has 1 N–H and O–H groups in total. The summed E-state index contributed by atoms with van der Waals surface area (Å²) in [5.41, 5.74) is 4.06. The van der Waals surface area contributed by atoms with Gasteiger partial charge in [0.05, 0.1) is 0 Å². The standard InChI is InChI=1S/C21H26N2O2/c1-15(2)19-10-5-6-11-20(19)23(17(4)24)14-21(25)22-13-18-9-7-8-16(3)12-18/h5-12,15H,13-14H2,1-4H3,(H,22,25). The maximum Gasteiger partial charge on any atom is 0.240 e. The van der Waals surface area contributed by atoms with Gasteiger partial charge in [-0.1, -0.05) is 61.9 Å². The average molecular weight is 338 g/mol. The SMILES string of the molecule is CC(=O)N(CC(=O)NCc1cccc(C)c1)c1ccccc1C(C)C. The van der Waals surface area contributed by atoms with Crippen molar-refractivity contribution in [2.45, 2.75) is 40.2 Å². The van der Waals surface area contributed by atoms with Crippen molar-refractivity contribution in [3.05, 3.63) is 65.2 Å².